The maximum absolute atomic E-state index is 12.3. The van der Waals surface area contributed by atoms with Gasteiger partial charge in [-0.25, -0.2) is 0 Å². The summed E-state index contributed by atoms with van der Waals surface area (Å²) in [5.41, 5.74) is -0.696. The minimum Gasteiger partial charge on any atom is -0.493 e. The molecule has 0 aromatic heterocycles. The van der Waals surface area contributed by atoms with Gasteiger partial charge in [-0.05, 0) is 24.6 Å². The Morgan fingerprint density at radius 1 is 1.33 bits per heavy atom. The highest BCUT2D eigenvalue weighted by Gasteiger charge is 2.30. The summed E-state index contributed by atoms with van der Waals surface area (Å²) < 4.78 is 42.0. The highest BCUT2D eigenvalue weighted by atomic mass is 19.4. The summed E-state index contributed by atoms with van der Waals surface area (Å²) in [6.07, 6.45) is -2.07. The third-order valence-corrected chi connectivity index (χ3v) is 1.75. The number of hydrogen-bond donors (Lipinski definition) is 0. The number of benzene rings is 1. The first kappa shape index (κ1) is 11.6. The largest absolute Gasteiger partial charge is 0.493 e. The zero-order chi connectivity index (χ0) is 11.3. The second kappa shape index (κ2) is 4.87. The molecule has 0 saturated carbocycles. The first-order chi connectivity index (χ1) is 7.04. The number of ether oxygens (including phenoxy) is 1. The van der Waals surface area contributed by atoms with Crippen LogP contribution in [-0.2, 0) is 6.18 Å². The molecule has 1 aromatic rings. The molecule has 1 rings (SSSR count). The lowest BCUT2D eigenvalue weighted by molar-refractivity contribution is -0.137. The van der Waals surface area contributed by atoms with Crippen LogP contribution in [0.4, 0.5) is 13.2 Å². The van der Waals surface area contributed by atoms with E-state index in [2.05, 4.69) is 6.58 Å². The fourth-order valence-electron chi connectivity index (χ4n) is 1.02. The number of alkyl halides is 3. The molecule has 0 radical (unpaired) electrons. The van der Waals surface area contributed by atoms with E-state index in [1.807, 2.05) is 0 Å². The van der Waals surface area contributed by atoms with Crippen molar-refractivity contribution in [3.63, 3.8) is 0 Å². The van der Waals surface area contributed by atoms with Crippen molar-refractivity contribution in [3.05, 3.63) is 42.5 Å². The molecule has 0 heterocycles. The van der Waals surface area contributed by atoms with Crippen molar-refractivity contribution in [1.29, 1.82) is 0 Å². The van der Waals surface area contributed by atoms with Gasteiger partial charge in [-0.3, -0.25) is 0 Å². The molecule has 0 atom stereocenters. The van der Waals surface area contributed by atoms with Crippen molar-refractivity contribution in [2.45, 2.75) is 12.6 Å². The second-order valence-corrected chi connectivity index (χ2v) is 2.95. The summed E-state index contributed by atoms with van der Waals surface area (Å²) in [4.78, 5) is 0. The average Bonchev–Trinajstić information content (AvgIpc) is 2.17. The van der Waals surface area contributed by atoms with Crippen LogP contribution in [0.2, 0.25) is 0 Å². The van der Waals surface area contributed by atoms with Crippen LogP contribution in [-0.4, -0.2) is 6.61 Å². The van der Waals surface area contributed by atoms with Gasteiger partial charge < -0.3 is 4.74 Å². The van der Waals surface area contributed by atoms with Crippen LogP contribution in [0.1, 0.15) is 12.0 Å². The Morgan fingerprint density at radius 2 is 2.07 bits per heavy atom. The molecule has 0 spiro atoms. The topological polar surface area (TPSA) is 9.23 Å². The maximum Gasteiger partial charge on any atom is 0.416 e. The molecule has 0 N–H and O–H groups in total. The van der Waals surface area contributed by atoms with Gasteiger partial charge in [0.1, 0.15) is 5.75 Å². The normalized spacial score (nSPS) is 11.1. The van der Waals surface area contributed by atoms with E-state index in [4.69, 9.17) is 4.74 Å². The molecule has 0 saturated heterocycles. The molecule has 0 fully saturated rings. The third-order valence-electron chi connectivity index (χ3n) is 1.75. The molecule has 0 aliphatic heterocycles. The molecule has 4 heteroatoms. The van der Waals surface area contributed by atoms with E-state index in [1.165, 1.54) is 12.1 Å². The molecule has 1 aromatic carbocycles. The van der Waals surface area contributed by atoms with E-state index < -0.39 is 11.7 Å². The Labute approximate surface area is 86.2 Å². The highest BCUT2D eigenvalue weighted by molar-refractivity contribution is 5.30. The number of hydrogen-bond acceptors (Lipinski definition) is 1. The predicted molar refractivity (Wildman–Crippen MR) is 51.8 cm³/mol. The van der Waals surface area contributed by atoms with Gasteiger partial charge in [0.05, 0.1) is 12.2 Å². The van der Waals surface area contributed by atoms with Crippen LogP contribution in [0.5, 0.6) is 5.75 Å². The Kier molecular flexibility index (Phi) is 3.77. The lowest BCUT2D eigenvalue weighted by atomic mass is 10.2. The van der Waals surface area contributed by atoms with E-state index in [0.29, 0.717) is 13.0 Å². The molecule has 0 bridgehead atoms. The first-order valence-electron chi connectivity index (χ1n) is 4.45. The number of halogens is 3. The van der Waals surface area contributed by atoms with Gasteiger partial charge in [-0.15, -0.1) is 6.58 Å². The van der Waals surface area contributed by atoms with Crippen LogP contribution in [0, 0.1) is 0 Å². The van der Waals surface area contributed by atoms with Crippen molar-refractivity contribution in [1.82, 2.24) is 0 Å². The summed E-state index contributed by atoms with van der Waals surface area (Å²) in [5.74, 6) is 0.228. The van der Waals surface area contributed by atoms with E-state index in [-0.39, 0.29) is 5.75 Å². The van der Waals surface area contributed by atoms with E-state index in [9.17, 15) is 13.2 Å². The molecular formula is C11H11F3O. The molecule has 0 aliphatic rings. The lowest BCUT2D eigenvalue weighted by Crippen LogP contribution is -2.05. The summed E-state index contributed by atoms with van der Waals surface area (Å²) in [7, 11) is 0. The second-order valence-electron chi connectivity index (χ2n) is 2.95. The van der Waals surface area contributed by atoms with Gasteiger partial charge in [-0.2, -0.15) is 13.2 Å². The summed E-state index contributed by atoms with van der Waals surface area (Å²) >= 11 is 0. The molecule has 1 nitrogen and oxygen atoms in total. The van der Waals surface area contributed by atoms with Crippen molar-refractivity contribution >= 4 is 0 Å². The zero-order valence-corrected chi connectivity index (χ0v) is 8.05. The first-order valence-corrected chi connectivity index (χ1v) is 4.45. The molecular weight excluding hydrogens is 205 g/mol. The third kappa shape index (κ3) is 3.65. The van der Waals surface area contributed by atoms with Crippen LogP contribution >= 0.6 is 0 Å². The average molecular weight is 216 g/mol. The van der Waals surface area contributed by atoms with Crippen molar-refractivity contribution in [3.8, 4) is 5.75 Å². The quantitative estimate of drug-likeness (QED) is 0.551. The van der Waals surface area contributed by atoms with Gasteiger partial charge in [0.2, 0.25) is 0 Å². The van der Waals surface area contributed by atoms with Gasteiger partial charge in [-0.1, -0.05) is 12.1 Å². The highest BCUT2D eigenvalue weighted by Crippen LogP contribution is 2.31. The minimum absolute atomic E-state index is 0.228. The van der Waals surface area contributed by atoms with Crippen molar-refractivity contribution < 1.29 is 17.9 Å². The van der Waals surface area contributed by atoms with Crippen LogP contribution < -0.4 is 4.74 Å². The SMILES string of the molecule is C=CCCOc1cccc(C(F)(F)F)c1. The van der Waals surface area contributed by atoms with Gasteiger partial charge in [0, 0.05) is 0 Å². The Balaban J connectivity index is 2.70. The molecule has 15 heavy (non-hydrogen) atoms. The Hall–Kier alpha value is -1.45. The van der Waals surface area contributed by atoms with E-state index >= 15 is 0 Å². The van der Waals surface area contributed by atoms with Gasteiger partial charge >= 0.3 is 6.18 Å². The summed E-state index contributed by atoms with van der Waals surface area (Å²) in [6, 6.07) is 4.83. The molecule has 0 amide bonds. The van der Waals surface area contributed by atoms with Crippen LogP contribution in [0.15, 0.2) is 36.9 Å². The molecule has 0 unspecified atom stereocenters. The van der Waals surface area contributed by atoms with Crippen molar-refractivity contribution in [2.24, 2.45) is 0 Å². The van der Waals surface area contributed by atoms with Gasteiger partial charge in [0.25, 0.3) is 0 Å². The van der Waals surface area contributed by atoms with E-state index in [1.54, 1.807) is 6.08 Å². The number of rotatable bonds is 4. The van der Waals surface area contributed by atoms with Crippen molar-refractivity contribution in [2.75, 3.05) is 6.61 Å². The van der Waals surface area contributed by atoms with Crippen LogP contribution in [0.3, 0.4) is 0 Å². The fraction of sp³-hybridized carbons (Fsp3) is 0.273. The standard InChI is InChI=1S/C11H11F3O/c1-2-3-7-15-10-6-4-5-9(8-10)11(12,13)14/h2,4-6,8H,1,3,7H2. The van der Waals surface area contributed by atoms with Crippen LogP contribution in [0.25, 0.3) is 0 Å². The zero-order valence-electron chi connectivity index (χ0n) is 8.05. The van der Waals surface area contributed by atoms with Gasteiger partial charge in [0.15, 0.2) is 0 Å². The Bertz CT molecular complexity index is 331. The molecule has 0 aliphatic carbocycles. The van der Waals surface area contributed by atoms with E-state index in [0.717, 1.165) is 12.1 Å². The lowest BCUT2D eigenvalue weighted by Gasteiger charge is -2.09. The monoisotopic (exact) mass is 216 g/mol. The fourth-order valence-corrected chi connectivity index (χ4v) is 1.02. The minimum atomic E-state index is -4.32. The molecule has 82 valence electrons. The predicted octanol–water partition coefficient (Wildman–Crippen LogP) is 3.66. The smallest absolute Gasteiger partial charge is 0.416 e. The summed E-state index contributed by atoms with van der Waals surface area (Å²) in [6.45, 7) is 3.83. The maximum atomic E-state index is 12.3. The summed E-state index contributed by atoms with van der Waals surface area (Å²) in [5, 5.41) is 0. The Morgan fingerprint density at radius 3 is 2.67 bits per heavy atom.